The van der Waals surface area contributed by atoms with Gasteiger partial charge in [-0.1, -0.05) is 11.6 Å². The van der Waals surface area contributed by atoms with Crippen LogP contribution in [0.5, 0.6) is 0 Å². The summed E-state index contributed by atoms with van der Waals surface area (Å²) in [4.78, 5) is 14.0. The number of hydrogen-bond acceptors (Lipinski definition) is 2. The largest absolute Gasteiger partial charge is 0.342 e. The summed E-state index contributed by atoms with van der Waals surface area (Å²) in [7, 11) is 0. The van der Waals surface area contributed by atoms with E-state index in [-0.39, 0.29) is 0 Å². The van der Waals surface area contributed by atoms with E-state index in [1.54, 1.807) is 0 Å². The molecule has 0 radical (unpaired) electrons. The summed E-state index contributed by atoms with van der Waals surface area (Å²) in [6, 6.07) is 0. The number of carbonyl (C=O) groups excluding carboxylic acids is 1. The molecule has 90 valence electrons. The van der Waals surface area contributed by atoms with Crippen LogP contribution in [0.25, 0.3) is 0 Å². The first-order chi connectivity index (χ1) is 7.79. The van der Waals surface area contributed by atoms with Gasteiger partial charge in [-0.15, -0.1) is 0 Å². The van der Waals surface area contributed by atoms with E-state index in [0.29, 0.717) is 24.8 Å². The zero-order chi connectivity index (χ0) is 11.4. The van der Waals surface area contributed by atoms with Crippen LogP contribution in [0.2, 0.25) is 0 Å². The quantitative estimate of drug-likeness (QED) is 0.739. The van der Waals surface area contributed by atoms with Gasteiger partial charge in [0.2, 0.25) is 5.91 Å². The Bertz CT molecular complexity index is 286. The van der Waals surface area contributed by atoms with Crippen molar-refractivity contribution in [2.45, 2.75) is 38.5 Å². The lowest BCUT2D eigenvalue weighted by molar-refractivity contribution is -0.129. The van der Waals surface area contributed by atoms with Crippen molar-refractivity contribution in [3.63, 3.8) is 0 Å². The van der Waals surface area contributed by atoms with Crippen LogP contribution in [-0.2, 0) is 4.79 Å². The first-order valence-electron chi connectivity index (χ1n) is 6.45. The van der Waals surface area contributed by atoms with E-state index in [9.17, 15) is 4.79 Å². The highest BCUT2D eigenvalue weighted by Gasteiger charge is 2.25. The van der Waals surface area contributed by atoms with Crippen LogP contribution in [0.3, 0.4) is 0 Å². The highest BCUT2D eigenvalue weighted by atomic mass is 16.2. The zero-order valence-corrected chi connectivity index (χ0v) is 9.95. The molecule has 1 heterocycles. The van der Waals surface area contributed by atoms with Crippen molar-refractivity contribution >= 4 is 5.91 Å². The predicted molar refractivity (Wildman–Crippen MR) is 64.9 cm³/mol. The second-order valence-electron chi connectivity index (χ2n) is 5.02. The van der Waals surface area contributed by atoms with Gasteiger partial charge in [-0.3, -0.25) is 4.79 Å². The van der Waals surface area contributed by atoms with Crippen LogP contribution in [0.4, 0.5) is 0 Å². The Morgan fingerprint density at radius 1 is 1.50 bits per heavy atom. The van der Waals surface area contributed by atoms with E-state index in [2.05, 4.69) is 6.08 Å². The Morgan fingerprint density at radius 2 is 2.38 bits per heavy atom. The maximum absolute atomic E-state index is 12.0. The van der Waals surface area contributed by atoms with Crippen molar-refractivity contribution in [1.29, 1.82) is 0 Å². The summed E-state index contributed by atoms with van der Waals surface area (Å²) >= 11 is 0. The topological polar surface area (TPSA) is 46.3 Å². The lowest BCUT2D eigenvalue weighted by atomic mass is 9.97. The fourth-order valence-corrected chi connectivity index (χ4v) is 2.62. The lowest BCUT2D eigenvalue weighted by Gasteiger charge is -2.19. The van der Waals surface area contributed by atoms with Gasteiger partial charge in [-0.25, -0.2) is 0 Å². The van der Waals surface area contributed by atoms with Crippen molar-refractivity contribution in [3.8, 4) is 0 Å². The molecule has 3 nitrogen and oxygen atoms in total. The average Bonchev–Trinajstić information content (AvgIpc) is 2.79. The number of rotatable bonds is 3. The van der Waals surface area contributed by atoms with Gasteiger partial charge in [0.1, 0.15) is 0 Å². The molecule has 1 aliphatic carbocycles. The van der Waals surface area contributed by atoms with Gasteiger partial charge >= 0.3 is 0 Å². The van der Waals surface area contributed by atoms with E-state index in [4.69, 9.17) is 5.73 Å². The molecular formula is C13H22N2O. The smallest absolute Gasteiger partial charge is 0.226 e. The minimum atomic E-state index is 0.309. The van der Waals surface area contributed by atoms with Gasteiger partial charge in [0.05, 0.1) is 0 Å². The fraction of sp³-hybridized carbons (Fsp3) is 0.769. The Morgan fingerprint density at radius 3 is 3.00 bits per heavy atom. The SMILES string of the molecule is NCC1CCN(C(=O)CC2=CCCCC2)C1. The zero-order valence-electron chi connectivity index (χ0n) is 9.95. The van der Waals surface area contributed by atoms with E-state index in [1.807, 2.05) is 4.90 Å². The number of nitrogens with zero attached hydrogens (tertiary/aromatic N) is 1. The van der Waals surface area contributed by atoms with E-state index >= 15 is 0 Å². The van der Waals surface area contributed by atoms with E-state index in [1.165, 1.54) is 18.4 Å². The summed E-state index contributed by atoms with van der Waals surface area (Å²) in [5.74, 6) is 0.841. The summed E-state index contributed by atoms with van der Waals surface area (Å²) in [5.41, 5.74) is 6.99. The molecule has 2 rings (SSSR count). The Hall–Kier alpha value is -0.830. The van der Waals surface area contributed by atoms with Crippen molar-refractivity contribution in [2.75, 3.05) is 19.6 Å². The molecule has 0 aromatic rings. The van der Waals surface area contributed by atoms with E-state index < -0.39 is 0 Å². The number of allylic oxidation sites excluding steroid dienone is 1. The summed E-state index contributed by atoms with van der Waals surface area (Å²) < 4.78 is 0. The van der Waals surface area contributed by atoms with Gasteiger partial charge in [0.15, 0.2) is 0 Å². The van der Waals surface area contributed by atoms with Gasteiger partial charge < -0.3 is 10.6 Å². The van der Waals surface area contributed by atoms with Gasteiger partial charge in [-0.05, 0) is 44.6 Å². The predicted octanol–water partition coefficient (Wildman–Crippen LogP) is 1.68. The number of nitrogens with two attached hydrogens (primary N) is 1. The molecule has 1 unspecified atom stereocenters. The molecule has 1 fully saturated rings. The van der Waals surface area contributed by atoms with Gasteiger partial charge in [-0.2, -0.15) is 0 Å². The van der Waals surface area contributed by atoms with Crippen molar-refractivity contribution in [3.05, 3.63) is 11.6 Å². The Labute approximate surface area is 97.7 Å². The number of likely N-dealkylation sites (tertiary alicyclic amines) is 1. The van der Waals surface area contributed by atoms with Gasteiger partial charge in [0, 0.05) is 19.5 Å². The van der Waals surface area contributed by atoms with Crippen molar-refractivity contribution in [1.82, 2.24) is 4.90 Å². The standard InChI is InChI=1S/C13H22N2O/c14-9-12-6-7-15(10-12)13(16)8-11-4-2-1-3-5-11/h4,12H,1-3,5-10,14H2. The molecule has 16 heavy (non-hydrogen) atoms. The third-order valence-electron chi connectivity index (χ3n) is 3.74. The summed E-state index contributed by atoms with van der Waals surface area (Å²) in [5, 5.41) is 0. The van der Waals surface area contributed by atoms with E-state index in [0.717, 1.165) is 32.4 Å². The number of carbonyl (C=O) groups is 1. The number of amides is 1. The monoisotopic (exact) mass is 222 g/mol. The molecule has 0 aromatic heterocycles. The normalized spacial score (nSPS) is 25.7. The molecule has 1 amide bonds. The fourth-order valence-electron chi connectivity index (χ4n) is 2.62. The number of hydrogen-bond donors (Lipinski definition) is 1. The maximum Gasteiger partial charge on any atom is 0.226 e. The molecule has 3 heteroatoms. The van der Waals surface area contributed by atoms with Crippen LogP contribution < -0.4 is 5.73 Å². The second-order valence-corrected chi connectivity index (χ2v) is 5.02. The van der Waals surface area contributed by atoms with Gasteiger partial charge in [0.25, 0.3) is 0 Å². The highest BCUT2D eigenvalue weighted by Crippen LogP contribution is 2.23. The molecule has 0 saturated carbocycles. The molecule has 0 aromatic carbocycles. The third-order valence-corrected chi connectivity index (χ3v) is 3.74. The second kappa shape index (κ2) is 5.48. The Balaban J connectivity index is 1.82. The van der Waals surface area contributed by atoms with Crippen LogP contribution in [0.15, 0.2) is 11.6 Å². The molecule has 1 atom stereocenters. The molecule has 1 aliphatic heterocycles. The lowest BCUT2D eigenvalue weighted by Crippen LogP contribution is -2.30. The summed E-state index contributed by atoms with van der Waals surface area (Å²) in [6.07, 6.45) is 8.82. The van der Waals surface area contributed by atoms with Crippen molar-refractivity contribution in [2.24, 2.45) is 11.7 Å². The minimum Gasteiger partial charge on any atom is -0.342 e. The third kappa shape index (κ3) is 2.85. The Kier molecular flexibility index (Phi) is 3.99. The minimum absolute atomic E-state index is 0.309. The first-order valence-corrected chi connectivity index (χ1v) is 6.45. The first kappa shape index (κ1) is 11.6. The molecule has 2 aliphatic rings. The molecule has 2 N–H and O–H groups in total. The molecular weight excluding hydrogens is 200 g/mol. The van der Waals surface area contributed by atoms with Crippen LogP contribution in [-0.4, -0.2) is 30.4 Å². The average molecular weight is 222 g/mol. The van der Waals surface area contributed by atoms with Crippen LogP contribution >= 0.6 is 0 Å². The summed E-state index contributed by atoms with van der Waals surface area (Å²) in [6.45, 7) is 2.50. The maximum atomic E-state index is 12.0. The molecule has 0 spiro atoms. The molecule has 0 bridgehead atoms. The van der Waals surface area contributed by atoms with Crippen LogP contribution in [0, 0.1) is 5.92 Å². The van der Waals surface area contributed by atoms with Crippen molar-refractivity contribution < 1.29 is 4.79 Å². The highest BCUT2D eigenvalue weighted by molar-refractivity contribution is 5.79. The molecule has 1 saturated heterocycles. The van der Waals surface area contributed by atoms with Crippen LogP contribution in [0.1, 0.15) is 38.5 Å².